The normalized spacial score (nSPS) is 10.2. The predicted octanol–water partition coefficient (Wildman–Crippen LogP) is 3.84. The Bertz CT molecular complexity index is 685. The van der Waals surface area contributed by atoms with Crippen LogP contribution in [-0.4, -0.2) is 17.1 Å². The van der Waals surface area contributed by atoms with Gasteiger partial charge in [-0.25, -0.2) is 9.59 Å². The van der Waals surface area contributed by atoms with Crippen LogP contribution in [-0.2, 0) is 6.54 Å². The third kappa shape index (κ3) is 4.05. The monoisotopic (exact) mass is 368 g/mol. The summed E-state index contributed by atoms with van der Waals surface area (Å²) in [5.41, 5.74) is 1.38. The van der Waals surface area contributed by atoms with Gasteiger partial charge in [0.1, 0.15) is 0 Å². The number of benzene rings is 1. The fourth-order valence-corrected chi connectivity index (χ4v) is 3.20. The van der Waals surface area contributed by atoms with E-state index in [-0.39, 0.29) is 11.6 Å². The average Bonchev–Trinajstić information content (AvgIpc) is 2.81. The van der Waals surface area contributed by atoms with Crippen LogP contribution in [0.3, 0.4) is 0 Å². The molecule has 0 saturated heterocycles. The molecule has 0 unspecified atom stereocenters. The summed E-state index contributed by atoms with van der Waals surface area (Å²) in [5.74, 6) is -0.981. The van der Waals surface area contributed by atoms with E-state index < -0.39 is 5.97 Å². The molecule has 0 spiro atoms. The van der Waals surface area contributed by atoms with Crippen molar-refractivity contribution < 1.29 is 14.7 Å². The highest BCUT2D eigenvalue weighted by Crippen LogP contribution is 2.22. The summed E-state index contributed by atoms with van der Waals surface area (Å²) in [5, 5.41) is 16.3. The van der Waals surface area contributed by atoms with Crippen LogP contribution < -0.4 is 10.6 Å². The van der Waals surface area contributed by atoms with Crippen molar-refractivity contribution in [2.75, 3.05) is 5.32 Å². The lowest BCUT2D eigenvalue weighted by Gasteiger charge is -2.09. The maximum Gasteiger partial charge on any atom is 0.335 e. The molecule has 7 heteroatoms. The molecule has 110 valence electrons. The van der Waals surface area contributed by atoms with Gasteiger partial charge in [-0.3, -0.25) is 0 Å². The molecule has 0 aliphatic heterocycles. The smallest absolute Gasteiger partial charge is 0.335 e. The Balaban J connectivity index is 1.95. The summed E-state index contributed by atoms with van der Waals surface area (Å²) >= 11 is 4.95. The van der Waals surface area contributed by atoms with Gasteiger partial charge in [0.2, 0.25) is 0 Å². The highest BCUT2D eigenvalue weighted by Gasteiger charge is 2.09. The van der Waals surface area contributed by atoms with E-state index in [1.54, 1.807) is 30.4 Å². The summed E-state index contributed by atoms with van der Waals surface area (Å²) in [6, 6.07) is 6.26. The van der Waals surface area contributed by atoms with Gasteiger partial charge in [-0.1, -0.05) is 0 Å². The molecule has 2 rings (SSSR count). The molecule has 0 bridgehead atoms. The van der Waals surface area contributed by atoms with E-state index in [4.69, 9.17) is 5.11 Å². The van der Waals surface area contributed by atoms with Gasteiger partial charge in [0.25, 0.3) is 0 Å². The van der Waals surface area contributed by atoms with Gasteiger partial charge in [0, 0.05) is 15.0 Å². The van der Waals surface area contributed by atoms with Crippen LogP contribution in [0.4, 0.5) is 10.5 Å². The molecule has 0 radical (unpaired) electrons. The molecular formula is C14H13BrN2O3S. The Hall–Kier alpha value is -1.86. The Morgan fingerprint density at radius 3 is 2.67 bits per heavy atom. The lowest BCUT2D eigenvalue weighted by Crippen LogP contribution is -2.28. The first-order valence-corrected chi connectivity index (χ1v) is 7.75. The Labute approximate surface area is 134 Å². The van der Waals surface area contributed by atoms with Crippen LogP contribution >= 0.6 is 27.3 Å². The minimum Gasteiger partial charge on any atom is -0.478 e. The van der Waals surface area contributed by atoms with Crippen LogP contribution in [0.25, 0.3) is 0 Å². The Kier molecular flexibility index (Phi) is 4.98. The number of carboxylic acids is 1. The molecular weight excluding hydrogens is 356 g/mol. The Morgan fingerprint density at radius 2 is 2.10 bits per heavy atom. The molecule has 0 aliphatic rings. The zero-order valence-corrected chi connectivity index (χ0v) is 13.5. The molecule has 2 amide bonds. The highest BCUT2D eigenvalue weighted by molar-refractivity contribution is 9.10. The zero-order valence-electron chi connectivity index (χ0n) is 11.1. The largest absolute Gasteiger partial charge is 0.478 e. The number of amides is 2. The number of carbonyl (C=O) groups excluding carboxylic acids is 1. The van der Waals surface area contributed by atoms with E-state index >= 15 is 0 Å². The molecule has 0 aliphatic carbocycles. The topological polar surface area (TPSA) is 78.4 Å². The number of hydrogen-bond acceptors (Lipinski definition) is 3. The third-order valence-electron chi connectivity index (χ3n) is 2.82. The predicted molar refractivity (Wildman–Crippen MR) is 86.0 cm³/mol. The number of urea groups is 1. The molecule has 0 saturated carbocycles. The molecule has 2 aromatic rings. The van der Waals surface area contributed by atoms with Crippen molar-refractivity contribution in [1.82, 2.24) is 5.32 Å². The number of halogens is 1. The molecule has 1 heterocycles. The number of nitrogens with one attached hydrogen (secondary N) is 2. The van der Waals surface area contributed by atoms with Gasteiger partial charge in [0.15, 0.2) is 0 Å². The second kappa shape index (κ2) is 6.73. The number of carboxylic acid groups (broad SMARTS) is 1. The first-order valence-electron chi connectivity index (χ1n) is 6.08. The SMILES string of the molecule is Cc1cc(NC(=O)NCc2sccc2Br)ccc1C(=O)O. The highest BCUT2D eigenvalue weighted by atomic mass is 79.9. The fourth-order valence-electron chi connectivity index (χ4n) is 1.77. The number of aromatic carboxylic acids is 1. The van der Waals surface area contributed by atoms with Crippen LogP contribution in [0.5, 0.6) is 0 Å². The number of carbonyl (C=O) groups is 2. The van der Waals surface area contributed by atoms with Crippen LogP contribution in [0.1, 0.15) is 20.8 Å². The van der Waals surface area contributed by atoms with Crippen molar-refractivity contribution >= 4 is 45.0 Å². The van der Waals surface area contributed by atoms with Gasteiger partial charge in [0.05, 0.1) is 12.1 Å². The summed E-state index contributed by atoms with van der Waals surface area (Å²) in [4.78, 5) is 23.7. The van der Waals surface area contributed by atoms with Gasteiger partial charge in [-0.2, -0.15) is 0 Å². The molecule has 1 aromatic carbocycles. The molecule has 0 fully saturated rings. The number of thiophene rings is 1. The van der Waals surface area contributed by atoms with Crippen molar-refractivity contribution in [1.29, 1.82) is 0 Å². The zero-order chi connectivity index (χ0) is 15.4. The molecule has 1 aromatic heterocycles. The molecule has 0 atom stereocenters. The van der Waals surface area contributed by atoms with E-state index in [0.717, 1.165) is 9.35 Å². The van der Waals surface area contributed by atoms with Gasteiger partial charge >= 0.3 is 12.0 Å². The van der Waals surface area contributed by atoms with Crippen LogP contribution in [0.2, 0.25) is 0 Å². The molecule has 3 N–H and O–H groups in total. The quantitative estimate of drug-likeness (QED) is 0.766. The third-order valence-corrected chi connectivity index (χ3v) is 4.74. The van der Waals surface area contributed by atoms with E-state index in [1.807, 2.05) is 11.4 Å². The summed E-state index contributed by atoms with van der Waals surface area (Å²) < 4.78 is 0.967. The second-order valence-corrected chi connectivity index (χ2v) is 6.19. The van der Waals surface area contributed by atoms with Crippen molar-refractivity contribution in [3.63, 3.8) is 0 Å². The maximum atomic E-state index is 11.8. The van der Waals surface area contributed by atoms with E-state index in [9.17, 15) is 9.59 Å². The summed E-state index contributed by atoms with van der Waals surface area (Å²) in [6.07, 6.45) is 0. The van der Waals surface area contributed by atoms with E-state index in [0.29, 0.717) is 17.8 Å². The minimum atomic E-state index is -0.981. The number of anilines is 1. The molecule has 5 nitrogen and oxygen atoms in total. The van der Waals surface area contributed by atoms with Crippen LogP contribution in [0.15, 0.2) is 34.1 Å². The van der Waals surface area contributed by atoms with Crippen LogP contribution in [0, 0.1) is 6.92 Å². The first kappa shape index (κ1) is 15.5. The van der Waals surface area contributed by atoms with Crippen molar-refractivity contribution in [2.24, 2.45) is 0 Å². The minimum absolute atomic E-state index is 0.225. The Morgan fingerprint density at radius 1 is 1.33 bits per heavy atom. The fraction of sp³-hybridized carbons (Fsp3) is 0.143. The number of hydrogen-bond donors (Lipinski definition) is 3. The molecule has 21 heavy (non-hydrogen) atoms. The number of rotatable bonds is 4. The van der Waals surface area contributed by atoms with Gasteiger partial charge < -0.3 is 15.7 Å². The second-order valence-electron chi connectivity index (χ2n) is 4.33. The standard InChI is InChI=1S/C14H13BrN2O3S/c1-8-6-9(2-3-10(8)13(18)19)17-14(20)16-7-12-11(15)4-5-21-12/h2-6H,7H2,1H3,(H,18,19)(H2,16,17,20). The van der Waals surface area contributed by atoms with E-state index in [1.165, 1.54) is 6.07 Å². The average molecular weight is 369 g/mol. The van der Waals surface area contributed by atoms with Crippen molar-refractivity contribution in [3.8, 4) is 0 Å². The maximum absolute atomic E-state index is 11.8. The van der Waals surface area contributed by atoms with Gasteiger partial charge in [-0.15, -0.1) is 11.3 Å². The summed E-state index contributed by atoms with van der Waals surface area (Å²) in [7, 11) is 0. The van der Waals surface area contributed by atoms with Crippen molar-refractivity contribution in [3.05, 3.63) is 50.1 Å². The first-order chi connectivity index (χ1) is 9.97. The lowest BCUT2D eigenvalue weighted by atomic mass is 10.1. The van der Waals surface area contributed by atoms with E-state index in [2.05, 4.69) is 26.6 Å². The number of aryl methyl sites for hydroxylation is 1. The van der Waals surface area contributed by atoms with Crippen molar-refractivity contribution in [2.45, 2.75) is 13.5 Å². The lowest BCUT2D eigenvalue weighted by molar-refractivity contribution is 0.0696. The summed E-state index contributed by atoms with van der Waals surface area (Å²) in [6.45, 7) is 2.12. The van der Waals surface area contributed by atoms with Gasteiger partial charge in [-0.05, 0) is 58.1 Å².